The highest BCUT2D eigenvalue weighted by Crippen LogP contribution is 2.36. The zero-order chi connectivity index (χ0) is 21.6. The van der Waals surface area contributed by atoms with E-state index in [0.717, 1.165) is 43.0 Å². The molecule has 1 amide bonds. The minimum Gasteiger partial charge on any atom is -0.493 e. The fourth-order valence-electron chi connectivity index (χ4n) is 3.92. The Morgan fingerprint density at radius 1 is 1.29 bits per heavy atom. The third-order valence-electron chi connectivity index (χ3n) is 5.48. The summed E-state index contributed by atoms with van der Waals surface area (Å²) in [6.45, 7) is 2.68. The molecule has 0 spiro atoms. The normalized spacial score (nSPS) is 18.1. The first kappa shape index (κ1) is 21.2. The number of nitrogens with one attached hydrogen (secondary N) is 1. The van der Waals surface area contributed by atoms with E-state index in [1.165, 1.54) is 0 Å². The van der Waals surface area contributed by atoms with Crippen molar-refractivity contribution in [3.05, 3.63) is 35.7 Å². The van der Waals surface area contributed by atoms with E-state index in [0.29, 0.717) is 37.0 Å². The van der Waals surface area contributed by atoms with Crippen molar-refractivity contribution in [1.82, 2.24) is 15.3 Å². The van der Waals surface area contributed by atoms with Gasteiger partial charge in [0.2, 0.25) is 11.7 Å². The molecule has 9 heteroatoms. The maximum Gasteiger partial charge on any atom is 0.258 e. The molecule has 9 nitrogen and oxygen atoms in total. The molecule has 31 heavy (non-hydrogen) atoms. The first-order valence-corrected chi connectivity index (χ1v) is 10.5. The van der Waals surface area contributed by atoms with E-state index in [4.69, 9.17) is 23.9 Å². The number of rotatable bonds is 7. The van der Waals surface area contributed by atoms with Gasteiger partial charge in [-0.3, -0.25) is 4.79 Å². The Bertz CT molecular complexity index is 901. The van der Waals surface area contributed by atoms with Crippen LogP contribution in [-0.4, -0.2) is 62.4 Å². The van der Waals surface area contributed by atoms with Crippen molar-refractivity contribution in [3.63, 3.8) is 0 Å². The molecule has 4 rings (SSSR count). The number of aromatic nitrogens is 2. The van der Waals surface area contributed by atoms with E-state index >= 15 is 0 Å². The first-order chi connectivity index (χ1) is 15.2. The summed E-state index contributed by atoms with van der Waals surface area (Å²) in [5.41, 5.74) is 2.11. The van der Waals surface area contributed by atoms with Crippen molar-refractivity contribution in [1.29, 1.82) is 0 Å². The van der Waals surface area contributed by atoms with Gasteiger partial charge in [-0.1, -0.05) is 6.07 Å². The number of carbonyl (C=O) groups is 1. The maximum absolute atomic E-state index is 12.5. The van der Waals surface area contributed by atoms with Crippen LogP contribution in [0.3, 0.4) is 0 Å². The zero-order valence-corrected chi connectivity index (χ0v) is 17.9. The van der Waals surface area contributed by atoms with Crippen LogP contribution in [0.15, 0.2) is 24.4 Å². The molecule has 2 aromatic rings. The minimum atomic E-state index is -0.191. The Kier molecular flexibility index (Phi) is 6.71. The lowest BCUT2D eigenvalue weighted by Gasteiger charge is -2.33. The van der Waals surface area contributed by atoms with Gasteiger partial charge in [-0.2, -0.15) is 0 Å². The van der Waals surface area contributed by atoms with Gasteiger partial charge in [-0.25, -0.2) is 9.97 Å². The number of hydrogen-bond donors (Lipinski definition) is 1. The van der Waals surface area contributed by atoms with Crippen LogP contribution in [-0.2, 0) is 22.6 Å². The van der Waals surface area contributed by atoms with Gasteiger partial charge in [0.25, 0.3) is 5.91 Å². The summed E-state index contributed by atoms with van der Waals surface area (Å²) in [5.74, 6) is 1.98. The molecule has 1 atom stereocenters. The maximum atomic E-state index is 12.5. The molecule has 0 unspecified atom stereocenters. The number of carbonyl (C=O) groups excluding carboxylic acids is 1. The van der Waals surface area contributed by atoms with Crippen molar-refractivity contribution in [2.45, 2.75) is 31.9 Å². The second kappa shape index (κ2) is 9.82. The average molecular weight is 428 g/mol. The van der Waals surface area contributed by atoms with Gasteiger partial charge in [0.05, 0.1) is 33.1 Å². The number of methoxy groups -OCH3 is 2. The molecule has 0 saturated carbocycles. The smallest absolute Gasteiger partial charge is 0.258 e. The van der Waals surface area contributed by atoms with Gasteiger partial charge in [0.15, 0.2) is 18.1 Å². The number of benzene rings is 1. The third kappa shape index (κ3) is 4.99. The molecule has 0 aliphatic carbocycles. The summed E-state index contributed by atoms with van der Waals surface area (Å²) in [7, 11) is 3.10. The predicted molar refractivity (Wildman–Crippen MR) is 114 cm³/mol. The molecule has 0 radical (unpaired) electrons. The monoisotopic (exact) mass is 428 g/mol. The summed E-state index contributed by atoms with van der Waals surface area (Å²) in [5, 5.41) is 3.06. The summed E-state index contributed by atoms with van der Waals surface area (Å²) < 4.78 is 21.8. The van der Waals surface area contributed by atoms with E-state index < -0.39 is 0 Å². The van der Waals surface area contributed by atoms with Crippen LogP contribution in [0.2, 0.25) is 0 Å². The van der Waals surface area contributed by atoms with Gasteiger partial charge in [0.1, 0.15) is 0 Å². The molecule has 3 heterocycles. The molecule has 1 N–H and O–H groups in total. The van der Waals surface area contributed by atoms with Crippen LogP contribution >= 0.6 is 0 Å². The molecule has 1 fully saturated rings. The molecular formula is C22H28N4O5. The Hall–Kier alpha value is -3.07. The first-order valence-electron chi connectivity index (χ1n) is 10.5. The van der Waals surface area contributed by atoms with Crippen molar-refractivity contribution >= 4 is 11.9 Å². The summed E-state index contributed by atoms with van der Waals surface area (Å²) in [6, 6.07) is 5.34. The van der Waals surface area contributed by atoms with Crippen LogP contribution in [0.25, 0.3) is 0 Å². The third-order valence-corrected chi connectivity index (χ3v) is 5.48. The molecule has 0 bridgehead atoms. The van der Waals surface area contributed by atoms with Crippen LogP contribution < -0.4 is 24.4 Å². The number of nitrogens with zero attached hydrogens (tertiary/aromatic N) is 3. The topological polar surface area (TPSA) is 95.0 Å². The van der Waals surface area contributed by atoms with Crippen LogP contribution in [0.4, 0.5) is 5.95 Å². The largest absolute Gasteiger partial charge is 0.493 e. The van der Waals surface area contributed by atoms with Crippen LogP contribution in [0.5, 0.6) is 17.2 Å². The highest BCUT2D eigenvalue weighted by atomic mass is 16.5. The highest BCUT2D eigenvalue weighted by Gasteiger charge is 2.25. The predicted octanol–water partition coefficient (Wildman–Crippen LogP) is 1.73. The highest BCUT2D eigenvalue weighted by molar-refractivity contribution is 5.78. The Morgan fingerprint density at radius 2 is 2.10 bits per heavy atom. The number of fused-ring (bicyclic) bond motifs is 1. The number of anilines is 1. The Balaban J connectivity index is 1.34. The number of piperidine rings is 1. The van der Waals surface area contributed by atoms with Crippen LogP contribution in [0.1, 0.15) is 24.1 Å². The molecule has 166 valence electrons. The van der Waals surface area contributed by atoms with E-state index in [9.17, 15) is 4.79 Å². The fourth-order valence-corrected chi connectivity index (χ4v) is 3.92. The number of hydrogen-bond acceptors (Lipinski definition) is 8. The van der Waals surface area contributed by atoms with Gasteiger partial charge < -0.3 is 29.2 Å². The Labute approximate surface area is 181 Å². The van der Waals surface area contributed by atoms with Crippen molar-refractivity contribution < 1.29 is 23.7 Å². The van der Waals surface area contributed by atoms with E-state index in [1.54, 1.807) is 32.4 Å². The van der Waals surface area contributed by atoms with Gasteiger partial charge in [-0.15, -0.1) is 0 Å². The van der Waals surface area contributed by atoms with Gasteiger partial charge in [-0.05, 0) is 25.0 Å². The van der Waals surface area contributed by atoms with Gasteiger partial charge in [0, 0.05) is 37.3 Å². The van der Waals surface area contributed by atoms with Crippen LogP contribution in [0, 0.1) is 0 Å². The van der Waals surface area contributed by atoms with E-state index in [-0.39, 0.29) is 18.6 Å². The fraction of sp³-hybridized carbons (Fsp3) is 0.500. The average Bonchev–Trinajstić information content (AvgIpc) is 2.82. The number of ether oxygens (including phenoxy) is 4. The standard InChI is InChI=1S/C22H28N4O5/c1-28-18-6-3-7-19(29-2)21(18)31-14-20(27)24-16-5-4-9-26(12-16)22-23-11-15-13-30-10-8-17(15)25-22/h3,6-7,11,16H,4-5,8-10,12-14H2,1-2H3,(H,24,27)/t16-/m1/s1. The lowest BCUT2D eigenvalue weighted by molar-refractivity contribution is -0.123. The minimum absolute atomic E-state index is 0.00683. The Morgan fingerprint density at radius 3 is 2.87 bits per heavy atom. The zero-order valence-electron chi connectivity index (χ0n) is 17.9. The molecule has 1 aromatic heterocycles. The molecule has 1 aromatic carbocycles. The number of amides is 1. The van der Waals surface area contributed by atoms with E-state index in [2.05, 4.69) is 15.2 Å². The lowest BCUT2D eigenvalue weighted by atomic mass is 10.1. The number of para-hydroxylation sites is 1. The van der Waals surface area contributed by atoms with Crippen molar-refractivity contribution in [2.75, 3.05) is 45.4 Å². The summed E-state index contributed by atoms with van der Waals surface area (Å²) in [6.07, 6.45) is 4.52. The molecule has 2 aliphatic rings. The molecular weight excluding hydrogens is 400 g/mol. The molecule has 1 saturated heterocycles. The van der Waals surface area contributed by atoms with E-state index in [1.807, 2.05) is 6.20 Å². The quantitative estimate of drug-likeness (QED) is 0.713. The SMILES string of the molecule is COc1cccc(OC)c1OCC(=O)N[C@@H]1CCCN(c2ncc3c(n2)CCOC3)C1. The molecule has 2 aliphatic heterocycles. The summed E-state index contributed by atoms with van der Waals surface area (Å²) in [4.78, 5) is 23.9. The van der Waals surface area contributed by atoms with Gasteiger partial charge >= 0.3 is 0 Å². The lowest BCUT2D eigenvalue weighted by Crippen LogP contribution is -2.49. The second-order valence-electron chi connectivity index (χ2n) is 7.58. The van der Waals surface area contributed by atoms with Crippen molar-refractivity contribution in [3.8, 4) is 17.2 Å². The second-order valence-corrected chi connectivity index (χ2v) is 7.58. The van der Waals surface area contributed by atoms with Crippen molar-refractivity contribution in [2.24, 2.45) is 0 Å². The summed E-state index contributed by atoms with van der Waals surface area (Å²) >= 11 is 0.